The minimum Gasteiger partial charge on any atom is -0.478 e. The van der Waals surface area contributed by atoms with E-state index in [-0.39, 0.29) is 35.8 Å². The van der Waals surface area contributed by atoms with Crippen LogP contribution in [-0.2, 0) is 9.59 Å². The van der Waals surface area contributed by atoms with Crippen molar-refractivity contribution in [2.24, 2.45) is 0 Å². The van der Waals surface area contributed by atoms with Gasteiger partial charge in [-0.15, -0.1) is 34.0 Å². The smallest absolute Gasteiger partial charge is 0.339 e. The highest BCUT2D eigenvalue weighted by Crippen LogP contribution is 2.38. The van der Waals surface area contributed by atoms with E-state index in [0.717, 1.165) is 9.75 Å². The highest BCUT2D eigenvalue weighted by Gasteiger charge is 2.21. The fraction of sp³-hybridized carbons (Fsp3) is 0.167. The highest BCUT2D eigenvalue weighted by molar-refractivity contribution is 7.20. The molecule has 186 valence electrons. The van der Waals surface area contributed by atoms with Crippen molar-refractivity contribution in [3.05, 3.63) is 56.9 Å². The zero-order chi connectivity index (χ0) is 25.7. The van der Waals surface area contributed by atoms with Gasteiger partial charge in [-0.25, -0.2) is 9.59 Å². The van der Waals surface area contributed by atoms with Gasteiger partial charge in [0.25, 0.3) is 0 Å². The Labute approximate surface area is 221 Å². The van der Waals surface area contributed by atoms with E-state index in [1.807, 2.05) is 17.5 Å². The van der Waals surface area contributed by atoms with Crippen molar-refractivity contribution < 1.29 is 29.4 Å². The number of thiophene rings is 4. The van der Waals surface area contributed by atoms with Gasteiger partial charge in [0, 0.05) is 49.9 Å². The van der Waals surface area contributed by atoms with Gasteiger partial charge in [0.1, 0.15) is 10.6 Å². The van der Waals surface area contributed by atoms with Gasteiger partial charge in [-0.3, -0.25) is 9.59 Å². The maximum atomic E-state index is 12.4. The van der Waals surface area contributed by atoms with E-state index in [1.54, 1.807) is 28.3 Å². The predicted molar refractivity (Wildman–Crippen MR) is 145 cm³/mol. The van der Waals surface area contributed by atoms with Crippen LogP contribution in [-0.4, -0.2) is 34.0 Å². The lowest BCUT2D eigenvalue weighted by Crippen LogP contribution is -2.14. The number of hydrogen-bond acceptors (Lipinski definition) is 8. The molecule has 0 aliphatic heterocycles. The Kier molecular flexibility index (Phi) is 8.31. The molecule has 2 amide bonds. The highest BCUT2D eigenvalue weighted by atomic mass is 32.1. The summed E-state index contributed by atoms with van der Waals surface area (Å²) in [6.07, 6.45) is 1.35. The summed E-state index contributed by atoms with van der Waals surface area (Å²) in [5, 5.41) is 32.3. The predicted octanol–water partition coefficient (Wildman–Crippen LogP) is 6.80. The van der Waals surface area contributed by atoms with Crippen molar-refractivity contribution >= 4 is 79.1 Å². The number of anilines is 2. The number of nitrogens with one attached hydrogen (secondary N) is 2. The van der Waals surface area contributed by atoms with E-state index in [9.17, 15) is 29.4 Å². The zero-order valence-corrected chi connectivity index (χ0v) is 21.9. The summed E-state index contributed by atoms with van der Waals surface area (Å²) in [6.45, 7) is 0. The van der Waals surface area contributed by atoms with Crippen molar-refractivity contribution in [2.45, 2.75) is 25.7 Å². The van der Waals surface area contributed by atoms with Crippen LogP contribution in [0.3, 0.4) is 0 Å². The quantitative estimate of drug-likeness (QED) is 0.149. The van der Waals surface area contributed by atoms with Gasteiger partial charge in [-0.2, -0.15) is 11.3 Å². The molecule has 0 spiro atoms. The number of carboxylic acid groups (broad SMARTS) is 2. The van der Waals surface area contributed by atoms with Gasteiger partial charge in [0.05, 0.1) is 10.6 Å². The summed E-state index contributed by atoms with van der Waals surface area (Å²) in [5.41, 5.74) is 1.54. The van der Waals surface area contributed by atoms with Crippen LogP contribution in [0.1, 0.15) is 46.4 Å². The number of hydrogen-bond donors (Lipinski definition) is 4. The molecule has 0 aliphatic carbocycles. The van der Waals surface area contributed by atoms with Crippen molar-refractivity contribution in [1.29, 1.82) is 0 Å². The van der Waals surface area contributed by atoms with Gasteiger partial charge in [-0.05, 0) is 36.4 Å². The molecule has 0 saturated carbocycles. The van der Waals surface area contributed by atoms with Gasteiger partial charge >= 0.3 is 11.9 Å². The molecule has 0 aromatic carbocycles. The fourth-order valence-corrected chi connectivity index (χ4v) is 7.08. The number of rotatable bonds is 11. The number of unbranched alkanes of at least 4 members (excludes halogenated alkanes) is 1. The van der Waals surface area contributed by atoms with E-state index >= 15 is 0 Å². The lowest BCUT2D eigenvalue weighted by molar-refractivity contribution is -0.118. The summed E-state index contributed by atoms with van der Waals surface area (Å²) in [5.74, 6) is -2.58. The summed E-state index contributed by atoms with van der Waals surface area (Å²) in [7, 11) is 0. The molecule has 4 aromatic heterocycles. The van der Waals surface area contributed by atoms with Gasteiger partial charge in [0.2, 0.25) is 11.8 Å². The molecule has 0 aliphatic rings. The first-order valence-electron chi connectivity index (χ1n) is 10.7. The second kappa shape index (κ2) is 11.6. The molecule has 4 rings (SSSR count). The third-order valence-corrected chi connectivity index (χ3v) is 8.70. The molecule has 8 nitrogen and oxygen atoms in total. The number of carboxylic acids is 2. The van der Waals surface area contributed by atoms with Crippen LogP contribution >= 0.6 is 45.3 Å². The van der Waals surface area contributed by atoms with E-state index in [4.69, 9.17) is 0 Å². The second-order valence-corrected chi connectivity index (χ2v) is 11.3. The van der Waals surface area contributed by atoms with Gasteiger partial charge in [-0.1, -0.05) is 6.07 Å². The van der Waals surface area contributed by atoms with E-state index < -0.39 is 11.9 Å². The Morgan fingerprint density at radius 3 is 2.19 bits per heavy atom. The van der Waals surface area contributed by atoms with Crippen molar-refractivity contribution in [3.8, 4) is 20.9 Å². The molecular formula is C24H20N2O6S4. The first-order chi connectivity index (χ1) is 17.3. The van der Waals surface area contributed by atoms with Crippen LogP contribution in [0.25, 0.3) is 20.9 Å². The lowest BCUT2D eigenvalue weighted by atomic mass is 10.1. The molecular weight excluding hydrogens is 541 g/mol. The van der Waals surface area contributed by atoms with Crippen LogP contribution in [0.4, 0.5) is 10.0 Å². The molecule has 4 N–H and O–H groups in total. The molecule has 4 aromatic rings. The summed E-state index contributed by atoms with van der Waals surface area (Å²) >= 11 is 5.22. The van der Waals surface area contributed by atoms with Crippen LogP contribution in [0.5, 0.6) is 0 Å². The molecule has 4 heterocycles. The molecule has 0 fully saturated rings. The third kappa shape index (κ3) is 6.08. The van der Waals surface area contributed by atoms with Crippen molar-refractivity contribution in [2.75, 3.05) is 10.6 Å². The monoisotopic (exact) mass is 560 g/mol. The van der Waals surface area contributed by atoms with E-state index in [1.165, 1.54) is 45.3 Å². The molecule has 0 saturated heterocycles. The number of aromatic carboxylic acids is 2. The van der Waals surface area contributed by atoms with Gasteiger partial charge < -0.3 is 20.8 Å². The maximum Gasteiger partial charge on any atom is 0.339 e. The largest absolute Gasteiger partial charge is 0.478 e. The topological polar surface area (TPSA) is 133 Å². The standard InChI is InChI=1S/C24H20N2O6S4/c27-18(25-20-8-7-17(36-20)13-10-33-11-14(13)23(29)30)5-1-2-6-19(28)26-22-21(24(31)32)15(12-35-22)16-4-3-9-34-16/h3-4,7-12H,1-2,5-6H2,(H,25,27)(H,26,28)(H,29,30)(H,31,32). The summed E-state index contributed by atoms with van der Waals surface area (Å²) in [6, 6.07) is 7.19. The number of amides is 2. The Morgan fingerprint density at radius 1 is 0.778 bits per heavy atom. The molecule has 0 atom stereocenters. The lowest BCUT2D eigenvalue weighted by Gasteiger charge is -2.06. The zero-order valence-electron chi connectivity index (χ0n) is 18.6. The molecule has 12 heteroatoms. The minimum absolute atomic E-state index is 0.0865. The molecule has 0 radical (unpaired) electrons. The van der Waals surface area contributed by atoms with Crippen molar-refractivity contribution in [3.63, 3.8) is 0 Å². The van der Waals surface area contributed by atoms with Crippen LogP contribution in [0.15, 0.2) is 45.8 Å². The Balaban J connectivity index is 1.24. The third-order valence-electron chi connectivity index (χ3n) is 5.13. The van der Waals surface area contributed by atoms with Gasteiger partial charge in [0.15, 0.2) is 0 Å². The maximum absolute atomic E-state index is 12.4. The molecule has 0 unspecified atom stereocenters. The van der Waals surface area contributed by atoms with Crippen LogP contribution in [0.2, 0.25) is 0 Å². The van der Waals surface area contributed by atoms with Crippen molar-refractivity contribution in [1.82, 2.24) is 0 Å². The van der Waals surface area contributed by atoms with E-state index in [0.29, 0.717) is 34.0 Å². The molecule has 0 bridgehead atoms. The van der Waals surface area contributed by atoms with E-state index in [2.05, 4.69) is 10.6 Å². The normalized spacial score (nSPS) is 10.8. The summed E-state index contributed by atoms with van der Waals surface area (Å²) in [4.78, 5) is 49.3. The average molecular weight is 561 g/mol. The Hall–Kier alpha value is -3.32. The first-order valence-corrected chi connectivity index (χ1v) is 14.2. The second-order valence-electron chi connectivity index (χ2n) is 7.61. The molecule has 36 heavy (non-hydrogen) atoms. The SMILES string of the molecule is O=C(CCCCC(=O)Nc1scc(-c2cccs2)c1C(=O)O)Nc1ccc(-c2cscc2C(=O)O)s1. The minimum atomic E-state index is -1.10. The van der Waals surface area contributed by atoms with Crippen LogP contribution < -0.4 is 10.6 Å². The Morgan fingerprint density at radius 2 is 1.53 bits per heavy atom. The number of carbonyl (C=O) groups excluding carboxylic acids is 2. The Bertz CT molecular complexity index is 1400. The first kappa shape index (κ1) is 25.8. The fourth-order valence-electron chi connectivity index (χ4n) is 3.44. The average Bonchev–Trinajstić information content (AvgIpc) is 3.62. The summed E-state index contributed by atoms with van der Waals surface area (Å²) < 4.78 is 0. The van der Waals surface area contributed by atoms with Crippen LogP contribution in [0, 0.1) is 0 Å². The number of carbonyl (C=O) groups is 4.